The van der Waals surface area contributed by atoms with Crippen LogP contribution in [-0.2, 0) is 4.79 Å². The van der Waals surface area contributed by atoms with E-state index < -0.39 is 12.0 Å². The fourth-order valence-corrected chi connectivity index (χ4v) is 2.83. The number of carboxylic acid groups (broad SMARTS) is 1. The topological polar surface area (TPSA) is 66.4 Å². The minimum Gasteiger partial charge on any atom is -0.480 e. The van der Waals surface area contributed by atoms with Crippen LogP contribution in [0.15, 0.2) is 15.9 Å². The van der Waals surface area contributed by atoms with Gasteiger partial charge in [-0.25, -0.2) is 4.79 Å². The summed E-state index contributed by atoms with van der Waals surface area (Å²) < 4.78 is 0.689. The molecule has 0 aliphatic rings. The highest BCUT2D eigenvalue weighted by Crippen LogP contribution is 2.22. The summed E-state index contributed by atoms with van der Waals surface area (Å²) in [6.45, 7) is 3.84. The normalized spacial score (nSPS) is 12.5. The third kappa shape index (κ3) is 4.12. The lowest BCUT2D eigenvalue weighted by Crippen LogP contribution is -2.41. The van der Waals surface area contributed by atoms with Gasteiger partial charge in [-0.2, -0.15) is 0 Å². The van der Waals surface area contributed by atoms with Crippen molar-refractivity contribution in [2.45, 2.75) is 26.3 Å². The summed E-state index contributed by atoms with van der Waals surface area (Å²) in [7, 11) is 0. The zero-order chi connectivity index (χ0) is 13.0. The van der Waals surface area contributed by atoms with Crippen LogP contribution in [0.4, 0.5) is 0 Å². The van der Waals surface area contributed by atoms with Crippen LogP contribution in [0.5, 0.6) is 0 Å². The quantitative estimate of drug-likeness (QED) is 0.877. The van der Waals surface area contributed by atoms with Crippen molar-refractivity contribution < 1.29 is 14.7 Å². The second-order valence-corrected chi connectivity index (χ2v) is 5.86. The van der Waals surface area contributed by atoms with Gasteiger partial charge in [0.15, 0.2) is 0 Å². The van der Waals surface area contributed by atoms with Gasteiger partial charge < -0.3 is 10.4 Å². The molecular formula is C11H14BrNO3S. The van der Waals surface area contributed by atoms with Crippen molar-refractivity contribution in [3.8, 4) is 0 Å². The van der Waals surface area contributed by atoms with Gasteiger partial charge in [-0.05, 0) is 39.7 Å². The molecule has 17 heavy (non-hydrogen) atoms. The highest BCUT2D eigenvalue weighted by atomic mass is 79.9. The van der Waals surface area contributed by atoms with Crippen LogP contribution in [0.25, 0.3) is 0 Å². The average Bonchev–Trinajstić information content (AvgIpc) is 2.62. The number of carbonyl (C=O) groups excluding carboxylic acids is 1. The van der Waals surface area contributed by atoms with Gasteiger partial charge in [0.05, 0.1) is 0 Å². The molecule has 1 aromatic heterocycles. The molecule has 0 radical (unpaired) electrons. The molecule has 0 spiro atoms. The highest BCUT2D eigenvalue weighted by molar-refractivity contribution is 9.10. The number of rotatable bonds is 5. The van der Waals surface area contributed by atoms with Crippen molar-refractivity contribution in [3.05, 3.63) is 20.8 Å². The Kier molecular flexibility index (Phi) is 5.14. The predicted molar refractivity (Wildman–Crippen MR) is 70.4 cm³/mol. The van der Waals surface area contributed by atoms with Gasteiger partial charge in [0, 0.05) is 4.47 Å². The number of halogens is 1. The van der Waals surface area contributed by atoms with Crippen LogP contribution >= 0.6 is 27.3 Å². The minimum atomic E-state index is -1.00. The average molecular weight is 320 g/mol. The first kappa shape index (κ1) is 14.2. The molecule has 1 rings (SSSR count). The first-order valence-corrected chi connectivity index (χ1v) is 6.85. The van der Waals surface area contributed by atoms with E-state index in [9.17, 15) is 9.59 Å². The predicted octanol–water partition coefficient (Wildman–Crippen LogP) is 2.74. The zero-order valence-electron chi connectivity index (χ0n) is 9.57. The van der Waals surface area contributed by atoms with Crippen molar-refractivity contribution in [2.75, 3.05) is 0 Å². The summed E-state index contributed by atoms with van der Waals surface area (Å²) in [5, 5.41) is 13.3. The molecule has 0 saturated heterocycles. The first-order chi connectivity index (χ1) is 7.91. The van der Waals surface area contributed by atoms with Crippen molar-refractivity contribution in [2.24, 2.45) is 5.92 Å². The van der Waals surface area contributed by atoms with Gasteiger partial charge in [-0.1, -0.05) is 13.8 Å². The summed E-state index contributed by atoms with van der Waals surface area (Å²) in [6, 6.07) is 0.925. The Morgan fingerprint density at radius 2 is 2.18 bits per heavy atom. The van der Waals surface area contributed by atoms with Crippen molar-refractivity contribution >= 4 is 39.1 Å². The van der Waals surface area contributed by atoms with Crippen LogP contribution in [0.1, 0.15) is 29.9 Å². The molecule has 94 valence electrons. The molecule has 4 nitrogen and oxygen atoms in total. The molecule has 0 aromatic carbocycles. The van der Waals surface area contributed by atoms with Crippen LogP contribution in [0, 0.1) is 5.92 Å². The molecular weight excluding hydrogens is 306 g/mol. The van der Waals surface area contributed by atoms with Gasteiger partial charge in [0.1, 0.15) is 10.9 Å². The van der Waals surface area contributed by atoms with E-state index in [1.54, 1.807) is 11.4 Å². The number of aliphatic carboxylic acids is 1. The summed E-state index contributed by atoms with van der Waals surface area (Å²) in [5.74, 6) is -1.14. The molecule has 0 saturated carbocycles. The molecule has 2 N–H and O–H groups in total. The van der Waals surface area contributed by atoms with Crippen molar-refractivity contribution in [1.29, 1.82) is 0 Å². The SMILES string of the molecule is CC(C)CC(NC(=O)c1sccc1Br)C(=O)O. The van der Waals surface area contributed by atoms with E-state index >= 15 is 0 Å². The second-order valence-electron chi connectivity index (χ2n) is 4.09. The number of hydrogen-bond donors (Lipinski definition) is 2. The van der Waals surface area contributed by atoms with E-state index in [1.165, 1.54) is 11.3 Å². The van der Waals surface area contributed by atoms with Crippen LogP contribution in [0.2, 0.25) is 0 Å². The molecule has 0 fully saturated rings. The summed E-state index contributed by atoms with van der Waals surface area (Å²) in [6.07, 6.45) is 0.421. The third-order valence-electron chi connectivity index (χ3n) is 2.13. The van der Waals surface area contributed by atoms with E-state index in [4.69, 9.17) is 5.11 Å². The number of thiophene rings is 1. The molecule has 1 heterocycles. The van der Waals surface area contributed by atoms with Gasteiger partial charge in [0.25, 0.3) is 5.91 Å². The number of nitrogens with one attached hydrogen (secondary N) is 1. The van der Waals surface area contributed by atoms with Crippen LogP contribution < -0.4 is 5.32 Å². The Morgan fingerprint density at radius 1 is 1.53 bits per heavy atom. The molecule has 6 heteroatoms. The highest BCUT2D eigenvalue weighted by Gasteiger charge is 2.23. The van der Waals surface area contributed by atoms with Crippen LogP contribution in [-0.4, -0.2) is 23.0 Å². The van der Waals surface area contributed by atoms with Crippen molar-refractivity contribution in [3.63, 3.8) is 0 Å². The number of amides is 1. The van der Waals surface area contributed by atoms with E-state index in [2.05, 4.69) is 21.2 Å². The third-order valence-corrected chi connectivity index (χ3v) is 3.97. The Hall–Kier alpha value is -0.880. The number of hydrogen-bond acceptors (Lipinski definition) is 3. The zero-order valence-corrected chi connectivity index (χ0v) is 12.0. The maximum atomic E-state index is 11.8. The molecule has 1 aromatic rings. The molecule has 0 bridgehead atoms. The number of carbonyl (C=O) groups is 2. The summed E-state index contributed by atoms with van der Waals surface area (Å²) in [4.78, 5) is 23.3. The van der Waals surface area contributed by atoms with E-state index in [1.807, 2.05) is 13.8 Å². The van der Waals surface area contributed by atoms with E-state index in [0.717, 1.165) is 0 Å². The lowest BCUT2D eigenvalue weighted by Gasteiger charge is -2.16. The van der Waals surface area contributed by atoms with Gasteiger partial charge in [-0.15, -0.1) is 11.3 Å². The fraction of sp³-hybridized carbons (Fsp3) is 0.455. The smallest absolute Gasteiger partial charge is 0.326 e. The molecule has 1 amide bonds. The Labute approximate surface area is 112 Å². The molecule has 1 atom stereocenters. The second kappa shape index (κ2) is 6.16. The van der Waals surface area contributed by atoms with Crippen molar-refractivity contribution in [1.82, 2.24) is 5.32 Å². The minimum absolute atomic E-state index is 0.211. The summed E-state index contributed by atoms with van der Waals surface area (Å²) >= 11 is 4.53. The summed E-state index contributed by atoms with van der Waals surface area (Å²) in [5.41, 5.74) is 0. The van der Waals surface area contributed by atoms with Gasteiger partial charge in [-0.3, -0.25) is 4.79 Å². The maximum absolute atomic E-state index is 11.8. The van der Waals surface area contributed by atoms with Gasteiger partial charge >= 0.3 is 5.97 Å². The number of carboxylic acids is 1. The Balaban J connectivity index is 2.71. The fourth-order valence-electron chi connectivity index (χ4n) is 1.37. The first-order valence-electron chi connectivity index (χ1n) is 5.18. The van der Waals surface area contributed by atoms with Crippen LogP contribution in [0.3, 0.4) is 0 Å². The standard InChI is InChI=1S/C11H14BrNO3S/c1-6(2)5-8(11(15)16)13-10(14)9-7(12)3-4-17-9/h3-4,6,8H,5H2,1-2H3,(H,13,14)(H,15,16). The molecule has 0 aliphatic carbocycles. The largest absolute Gasteiger partial charge is 0.480 e. The van der Waals surface area contributed by atoms with E-state index in [0.29, 0.717) is 15.8 Å². The van der Waals surface area contributed by atoms with E-state index in [-0.39, 0.29) is 11.8 Å². The lowest BCUT2D eigenvalue weighted by molar-refractivity contribution is -0.139. The van der Waals surface area contributed by atoms with Gasteiger partial charge in [0.2, 0.25) is 0 Å². The molecule has 1 unspecified atom stereocenters. The maximum Gasteiger partial charge on any atom is 0.326 e. The Morgan fingerprint density at radius 3 is 2.59 bits per heavy atom. The molecule has 0 aliphatic heterocycles. The Bertz CT molecular complexity index is 417. The lowest BCUT2D eigenvalue weighted by atomic mass is 10.0. The monoisotopic (exact) mass is 319 g/mol.